The zero-order valence-corrected chi connectivity index (χ0v) is 10.1. The van der Waals surface area contributed by atoms with E-state index in [0.29, 0.717) is 13.0 Å². The van der Waals surface area contributed by atoms with Gasteiger partial charge in [0.05, 0.1) is 12.1 Å². The van der Waals surface area contributed by atoms with Gasteiger partial charge in [-0.3, -0.25) is 0 Å². The lowest BCUT2D eigenvalue weighted by Crippen LogP contribution is -2.50. The van der Waals surface area contributed by atoms with Crippen LogP contribution in [0.1, 0.15) is 32.6 Å². The van der Waals surface area contributed by atoms with Crippen molar-refractivity contribution in [2.45, 2.75) is 44.8 Å². The van der Waals surface area contributed by atoms with E-state index >= 15 is 0 Å². The molecular formula is C9H20N2O3S. The van der Waals surface area contributed by atoms with E-state index in [2.05, 4.69) is 4.72 Å². The van der Waals surface area contributed by atoms with Gasteiger partial charge in [-0.15, -0.1) is 0 Å². The molecule has 2 unspecified atom stereocenters. The molecule has 0 heterocycles. The number of aliphatic hydroxyl groups is 1. The zero-order valence-electron chi connectivity index (χ0n) is 9.31. The first-order chi connectivity index (χ1) is 6.99. The molecule has 1 saturated carbocycles. The molecule has 0 bridgehead atoms. The third kappa shape index (κ3) is 3.14. The van der Waals surface area contributed by atoms with Crippen LogP contribution in [0.15, 0.2) is 0 Å². The molecule has 2 atom stereocenters. The molecule has 0 aromatic rings. The van der Waals surface area contributed by atoms with E-state index < -0.39 is 16.3 Å². The van der Waals surface area contributed by atoms with E-state index in [4.69, 9.17) is 0 Å². The van der Waals surface area contributed by atoms with Crippen molar-refractivity contribution in [3.63, 3.8) is 0 Å². The van der Waals surface area contributed by atoms with Crippen molar-refractivity contribution >= 4 is 10.2 Å². The summed E-state index contributed by atoms with van der Waals surface area (Å²) in [6.45, 7) is 2.11. The molecule has 0 aliphatic heterocycles. The van der Waals surface area contributed by atoms with Crippen LogP contribution in [0.5, 0.6) is 0 Å². The lowest BCUT2D eigenvalue weighted by molar-refractivity contribution is 0.0633. The Morgan fingerprint density at radius 3 is 2.53 bits per heavy atom. The fourth-order valence-corrected chi connectivity index (χ4v) is 3.15. The molecule has 0 spiro atoms. The molecular weight excluding hydrogens is 216 g/mol. The van der Waals surface area contributed by atoms with E-state index in [1.165, 1.54) is 11.4 Å². The molecule has 0 aromatic carbocycles. The first kappa shape index (κ1) is 12.9. The Morgan fingerprint density at radius 1 is 1.40 bits per heavy atom. The Kier molecular flexibility index (Phi) is 4.51. The van der Waals surface area contributed by atoms with Gasteiger partial charge in [-0.1, -0.05) is 19.8 Å². The summed E-state index contributed by atoms with van der Waals surface area (Å²) in [5.74, 6) is 0. The molecule has 6 heteroatoms. The maximum atomic E-state index is 11.7. The summed E-state index contributed by atoms with van der Waals surface area (Å²) in [4.78, 5) is 0. The fraction of sp³-hybridized carbons (Fsp3) is 1.00. The molecule has 0 amide bonds. The van der Waals surface area contributed by atoms with Gasteiger partial charge in [0.15, 0.2) is 0 Å². The van der Waals surface area contributed by atoms with Crippen LogP contribution in [-0.4, -0.2) is 43.6 Å². The van der Waals surface area contributed by atoms with Crippen LogP contribution in [0, 0.1) is 0 Å². The van der Waals surface area contributed by atoms with Crippen LogP contribution in [0.4, 0.5) is 0 Å². The standard InChI is InChI=1S/C9H20N2O3S/c1-3-10-15(13,14)11(2)8-6-4-5-7-9(8)12/h8-10,12H,3-7H2,1-2H3. The number of nitrogens with one attached hydrogen (secondary N) is 1. The molecule has 1 aliphatic rings. The van der Waals surface area contributed by atoms with Crippen molar-refractivity contribution in [1.82, 2.24) is 9.03 Å². The lowest BCUT2D eigenvalue weighted by atomic mass is 9.93. The maximum Gasteiger partial charge on any atom is 0.279 e. The summed E-state index contributed by atoms with van der Waals surface area (Å²) < 4.78 is 27.0. The third-order valence-corrected chi connectivity index (χ3v) is 4.55. The topological polar surface area (TPSA) is 69.6 Å². The third-order valence-electron chi connectivity index (χ3n) is 2.87. The summed E-state index contributed by atoms with van der Waals surface area (Å²) in [5, 5.41) is 9.74. The summed E-state index contributed by atoms with van der Waals surface area (Å²) in [6, 6.07) is -0.275. The first-order valence-corrected chi connectivity index (χ1v) is 6.83. The number of hydrogen-bond donors (Lipinski definition) is 2. The first-order valence-electron chi connectivity index (χ1n) is 5.39. The van der Waals surface area contributed by atoms with Gasteiger partial charge in [0, 0.05) is 13.6 Å². The number of aliphatic hydroxyl groups excluding tert-OH is 1. The highest BCUT2D eigenvalue weighted by Crippen LogP contribution is 2.23. The monoisotopic (exact) mass is 236 g/mol. The van der Waals surface area contributed by atoms with Crippen LogP contribution in [-0.2, 0) is 10.2 Å². The van der Waals surface area contributed by atoms with E-state index in [1.807, 2.05) is 0 Å². The number of hydrogen-bond acceptors (Lipinski definition) is 3. The van der Waals surface area contributed by atoms with Crippen molar-refractivity contribution < 1.29 is 13.5 Å². The van der Waals surface area contributed by atoms with E-state index in [0.717, 1.165) is 19.3 Å². The highest BCUT2D eigenvalue weighted by molar-refractivity contribution is 7.87. The average molecular weight is 236 g/mol. The summed E-state index contributed by atoms with van der Waals surface area (Å²) in [7, 11) is -1.89. The van der Waals surface area contributed by atoms with Gasteiger partial charge in [-0.25, -0.2) is 4.72 Å². The Hall–Kier alpha value is -0.170. The van der Waals surface area contributed by atoms with Gasteiger partial charge in [0.25, 0.3) is 10.2 Å². The van der Waals surface area contributed by atoms with E-state index in [-0.39, 0.29) is 6.04 Å². The van der Waals surface area contributed by atoms with Crippen LogP contribution in [0.25, 0.3) is 0 Å². The second kappa shape index (κ2) is 5.25. The minimum absolute atomic E-state index is 0.275. The minimum Gasteiger partial charge on any atom is -0.391 e. The lowest BCUT2D eigenvalue weighted by Gasteiger charge is -2.34. The van der Waals surface area contributed by atoms with Crippen molar-refractivity contribution in [3.05, 3.63) is 0 Å². The van der Waals surface area contributed by atoms with E-state index in [1.54, 1.807) is 6.92 Å². The van der Waals surface area contributed by atoms with Gasteiger partial charge in [0.2, 0.25) is 0 Å². The molecule has 15 heavy (non-hydrogen) atoms. The Labute approximate surface area is 91.7 Å². The van der Waals surface area contributed by atoms with Gasteiger partial charge in [-0.2, -0.15) is 12.7 Å². The normalized spacial score (nSPS) is 28.3. The molecule has 1 fully saturated rings. The maximum absolute atomic E-state index is 11.7. The molecule has 0 saturated heterocycles. The van der Waals surface area contributed by atoms with Crippen molar-refractivity contribution in [2.24, 2.45) is 0 Å². The molecule has 0 radical (unpaired) electrons. The highest BCUT2D eigenvalue weighted by atomic mass is 32.2. The van der Waals surface area contributed by atoms with Crippen LogP contribution in [0.3, 0.4) is 0 Å². The average Bonchev–Trinajstić information content (AvgIpc) is 2.17. The molecule has 90 valence electrons. The largest absolute Gasteiger partial charge is 0.391 e. The van der Waals surface area contributed by atoms with E-state index in [9.17, 15) is 13.5 Å². The second-order valence-corrected chi connectivity index (χ2v) is 5.75. The second-order valence-electron chi connectivity index (χ2n) is 3.94. The summed E-state index contributed by atoms with van der Waals surface area (Å²) >= 11 is 0. The fourth-order valence-electron chi connectivity index (χ4n) is 1.98. The van der Waals surface area contributed by atoms with Crippen LogP contribution >= 0.6 is 0 Å². The van der Waals surface area contributed by atoms with Crippen molar-refractivity contribution in [3.8, 4) is 0 Å². The zero-order chi connectivity index (χ0) is 11.5. The molecule has 1 aliphatic carbocycles. The number of likely N-dealkylation sites (N-methyl/N-ethyl adjacent to an activating group) is 1. The minimum atomic E-state index is -3.42. The predicted molar refractivity (Wildman–Crippen MR) is 58.6 cm³/mol. The molecule has 1 rings (SSSR count). The summed E-state index contributed by atoms with van der Waals surface area (Å²) in [6.07, 6.45) is 2.86. The van der Waals surface area contributed by atoms with Gasteiger partial charge in [0.1, 0.15) is 0 Å². The van der Waals surface area contributed by atoms with Crippen LogP contribution in [0.2, 0.25) is 0 Å². The predicted octanol–water partition coefficient (Wildman–Crippen LogP) is 0.0760. The molecule has 5 nitrogen and oxygen atoms in total. The SMILES string of the molecule is CCNS(=O)(=O)N(C)C1CCCCC1O. The Balaban J connectivity index is 2.69. The van der Waals surface area contributed by atoms with Crippen molar-refractivity contribution in [2.75, 3.05) is 13.6 Å². The van der Waals surface area contributed by atoms with Gasteiger partial charge < -0.3 is 5.11 Å². The van der Waals surface area contributed by atoms with Gasteiger partial charge >= 0.3 is 0 Å². The number of nitrogens with zero attached hydrogens (tertiary/aromatic N) is 1. The van der Waals surface area contributed by atoms with Crippen molar-refractivity contribution in [1.29, 1.82) is 0 Å². The molecule has 2 N–H and O–H groups in total. The highest BCUT2D eigenvalue weighted by Gasteiger charge is 2.32. The van der Waals surface area contributed by atoms with Crippen LogP contribution < -0.4 is 4.72 Å². The molecule has 0 aromatic heterocycles. The Bertz CT molecular complexity index is 292. The number of rotatable bonds is 4. The summed E-state index contributed by atoms with van der Waals surface area (Å²) in [5.41, 5.74) is 0. The smallest absolute Gasteiger partial charge is 0.279 e. The van der Waals surface area contributed by atoms with Gasteiger partial charge in [-0.05, 0) is 12.8 Å². The quantitative estimate of drug-likeness (QED) is 0.726. The Morgan fingerprint density at radius 2 is 2.00 bits per heavy atom.